The number of methoxy groups -OCH3 is 1. The number of likely N-dealkylation sites (tertiary alicyclic amines) is 1. The van der Waals surface area contributed by atoms with Crippen molar-refractivity contribution in [1.82, 2.24) is 13.8 Å². The van der Waals surface area contributed by atoms with Crippen molar-refractivity contribution in [2.24, 2.45) is 0 Å². The number of sulfonamides is 1. The molecule has 0 aliphatic carbocycles. The zero-order chi connectivity index (χ0) is 32.7. The van der Waals surface area contributed by atoms with E-state index in [-0.39, 0.29) is 54.7 Å². The minimum atomic E-state index is -3.93. The standard InChI is InChI=1S/C34H43N3O8S/c1-25(39)37-24-30(29-10-6-7-11-31(29)37)26-22-32(34(40)35-16-8-4-3-5-9-17-35)45-33(23-26)44-21-19-36(18-20-38)46(41,42)28-14-12-27(43-2)13-15-28/h6-7,10-15,22,24,26,33,38H,3-5,8-9,16-21,23H2,1-2H3. The monoisotopic (exact) mass is 653 g/mol. The van der Waals surface area contributed by atoms with E-state index in [1.165, 1.54) is 32.6 Å². The highest BCUT2D eigenvalue weighted by molar-refractivity contribution is 7.89. The lowest BCUT2D eigenvalue weighted by Gasteiger charge is -2.32. The first-order valence-electron chi connectivity index (χ1n) is 15.9. The number of aromatic nitrogens is 1. The minimum absolute atomic E-state index is 0.0346. The predicted molar refractivity (Wildman–Crippen MR) is 173 cm³/mol. The Hall–Kier alpha value is -3.71. The number of amides is 1. The molecule has 1 fully saturated rings. The number of nitrogens with zero attached hydrogens (tertiary/aromatic N) is 3. The second kappa shape index (κ2) is 15.3. The summed E-state index contributed by atoms with van der Waals surface area (Å²) in [5.74, 6) is 0.111. The summed E-state index contributed by atoms with van der Waals surface area (Å²) >= 11 is 0. The molecule has 1 N–H and O–H groups in total. The lowest BCUT2D eigenvalue weighted by atomic mass is 9.92. The quantitative estimate of drug-likeness (QED) is 0.320. The number of fused-ring (bicyclic) bond motifs is 1. The molecule has 5 rings (SSSR count). The smallest absolute Gasteiger partial charge is 0.288 e. The number of para-hydroxylation sites is 1. The molecule has 2 unspecified atom stereocenters. The first kappa shape index (κ1) is 33.6. The van der Waals surface area contributed by atoms with Crippen LogP contribution in [0.5, 0.6) is 5.75 Å². The summed E-state index contributed by atoms with van der Waals surface area (Å²) in [5.41, 5.74) is 1.66. The summed E-state index contributed by atoms with van der Waals surface area (Å²) in [6.07, 6.45) is 8.34. The van der Waals surface area contributed by atoms with Gasteiger partial charge in [0.15, 0.2) is 5.76 Å². The van der Waals surface area contributed by atoms with E-state index in [9.17, 15) is 23.1 Å². The van der Waals surface area contributed by atoms with Crippen molar-refractivity contribution in [3.8, 4) is 5.75 Å². The van der Waals surface area contributed by atoms with Crippen molar-refractivity contribution in [1.29, 1.82) is 0 Å². The van der Waals surface area contributed by atoms with Crippen LogP contribution in [0.2, 0.25) is 0 Å². The number of carbonyl (C=O) groups excluding carboxylic acids is 2. The maximum absolute atomic E-state index is 13.8. The number of benzene rings is 2. The topological polar surface area (TPSA) is 128 Å². The summed E-state index contributed by atoms with van der Waals surface area (Å²) in [6, 6.07) is 13.7. The number of ether oxygens (including phenoxy) is 3. The Bertz CT molecular complexity index is 1640. The third-order valence-corrected chi connectivity index (χ3v) is 10.5. The highest BCUT2D eigenvalue weighted by atomic mass is 32.2. The molecule has 0 bridgehead atoms. The number of allylic oxidation sites excluding steroid dienone is 1. The van der Waals surface area contributed by atoms with Crippen molar-refractivity contribution in [2.45, 2.75) is 62.6 Å². The van der Waals surface area contributed by atoms with Gasteiger partial charge in [0.05, 0.1) is 30.7 Å². The maximum atomic E-state index is 13.8. The van der Waals surface area contributed by atoms with Gasteiger partial charge in [0.1, 0.15) is 5.75 Å². The average molecular weight is 654 g/mol. The van der Waals surface area contributed by atoms with E-state index in [0.29, 0.717) is 25.3 Å². The first-order valence-corrected chi connectivity index (χ1v) is 17.3. The largest absolute Gasteiger partial charge is 0.497 e. The predicted octanol–water partition coefficient (Wildman–Crippen LogP) is 4.52. The van der Waals surface area contributed by atoms with E-state index in [1.807, 2.05) is 41.4 Å². The second-order valence-corrected chi connectivity index (χ2v) is 13.6. The number of carbonyl (C=O) groups is 2. The number of rotatable bonds is 11. The van der Waals surface area contributed by atoms with Crippen molar-refractivity contribution >= 4 is 32.7 Å². The van der Waals surface area contributed by atoms with Gasteiger partial charge in [-0.15, -0.1) is 0 Å². The van der Waals surface area contributed by atoms with E-state index in [1.54, 1.807) is 16.7 Å². The van der Waals surface area contributed by atoms with Crippen molar-refractivity contribution in [3.63, 3.8) is 0 Å². The molecule has 11 nitrogen and oxygen atoms in total. The summed E-state index contributed by atoms with van der Waals surface area (Å²) < 4.78 is 47.0. The Morgan fingerprint density at radius 1 is 1.00 bits per heavy atom. The average Bonchev–Trinajstić information content (AvgIpc) is 3.44. The van der Waals surface area contributed by atoms with E-state index in [2.05, 4.69) is 0 Å². The molecule has 2 aromatic carbocycles. The van der Waals surface area contributed by atoms with Crippen LogP contribution in [-0.2, 0) is 24.3 Å². The van der Waals surface area contributed by atoms with Gasteiger partial charge >= 0.3 is 0 Å². The number of aliphatic hydroxyl groups excluding tert-OH is 1. The van der Waals surface area contributed by atoms with Crippen molar-refractivity contribution in [2.75, 3.05) is 46.5 Å². The molecule has 2 aliphatic heterocycles. The Morgan fingerprint density at radius 3 is 2.37 bits per heavy atom. The van der Waals surface area contributed by atoms with Crippen LogP contribution in [0.3, 0.4) is 0 Å². The van der Waals surface area contributed by atoms with Gasteiger partial charge in [0, 0.05) is 57.0 Å². The van der Waals surface area contributed by atoms with Crippen LogP contribution in [-0.4, -0.2) is 91.9 Å². The second-order valence-electron chi connectivity index (χ2n) is 11.6. The Balaban J connectivity index is 1.38. The zero-order valence-electron chi connectivity index (χ0n) is 26.5. The molecule has 0 saturated carbocycles. The van der Waals surface area contributed by atoms with Gasteiger partial charge in [-0.05, 0) is 54.8 Å². The molecule has 2 atom stereocenters. The van der Waals surface area contributed by atoms with Crippen LogP contribution in [0.4, 0.5) is 0 Å². The molecule has 46 heavy (non-hydrogen) atoms. The first-order chi connectivity index (χ1) is 22.2. The highest BCUT2D eigenvalue weighted by Crippen LogP contribution is 2.37. The molecule has 248 valence electrons. The molecule has 0 spiro atoms. The van der Waals surface area contributed by atoms with Crippen molar-refractivity contribution in [3.05, 3.63) is 72.1 Å². The number of hydrogen-bond donors (Lipinski definition) is 1. The molecule has 1 saturated heterocycles. The van der Waals surface area contributed by atoms with Gasteiger partial charge in [-0.2, -0.15) is 4.31 Å². The fourth-order valence-corrected chi connectivity index (χ4v) is 7.56. The van der Waals surface area contributed by atoms with E-state index in [4.69, 9.17) is 14.2 Å². The van der Waals surface area contributed by atoms with Gasteiger partial charge in [-0.25, -0.2) is 8.42 Å². The number of aliphatic hydroxyl groups is 1. The van der Waals surface area contributed by atoms with E-state index in [0.717, 1.165) is 46.5 Å². The molecular formula is C34H43N3O8S. The fourth-order valence-electron chi connectivity index (χ4n) is 6.14. The normalized spacial score (nSPS) is 19.3. The summed E-state index contributed by atoms with van der Waals surface area (Å²) in [4.78, 5) is 28.2. The maximum Gasteiger partial charge on any atom is 0.288 e. The molecule has 0 radical (unpaired) electrons. The fraction of sp³-hybridized carbons (Fsp3) is 0.471. The SMILES string of the molecule is COc1ccc(S(=O)(=O)N(CCO)CCOC2CC(c3cn(C(C)=O)c4ccccc34)C=C(C(=O)N3CCCCCCC3)O2)cc1. The van der Waals surface area contributed by atoms with Crippen LogP contribution in [0.15, 0.2) is 71.5 Å². The van der Waals surface area contributed by atoms with Crippen LogP contribution in [0, 0.1) is 0 Å². The Kier molecular flexibility index (Phi) is 11.2. The molecule has 1 amide bonds. The molecule has 3 heterocycles. The van der Waals surface area contributed by atoms with Gasteiger partial charge in [-0.3, -0.25) is 14.2 Å². The summed E-state index contributed by atoms with van der Waals surface area (Å²) in [7, 11) is -2.43. The Morgan fingerprint density at radius 2 is 1.70 bits per heavy atom. The zero-order valence-corrected chi connectivity index (χ0v) is 27.3. The van der Waals surface area contributed by atoms with Crippen molar-refractivity contribution < 1.29 is 37.3 Å². The third-order valence-electron chi connectivity index (χ3n) is 8.58. The molecule has 3 aromatic rings. The van der Waals surface area contributed by atoms with Gasteiger partial charge in [0.25, 0.3) is 5.91 Å². The highest BCUT2D eigenvalue weighted by Gasteiger charge is 2.33. The molecular weight excluding hydrogens is 610 g/mol. The third kappa shape index (κ3) is 7.63. The van der Waals surface area contributed by atoms with Gasteiger partial charge < -0.3 is 24.2 Å². The van der Waals surface area contributed by atoms with Crippen LogP contribution < -0.4 is 4.74 Å². The molecule has 1 aromatic heterocycles. The summed E-state index contributed by atoms with van der Waals surface area (Å²) in [5, 5.41) is 10.6. The van der Waals surface area contributed by atoms with E-state index >= 15 is 0 Å². The van der Waals surface area contributed by atoms with Crippen LogP contribution in [0.1, 0.15) is 61.7 Å². The molecule has 2 aliphatic rings. The van der Waals surface area contributed by atoms with Crippen LogP contribution in [0.25, 0.3) is 10.9 Å². The lowest BCUT2D eigenvalue weighted by Crippen LogP contribution is -2.39. The van der Waals surface area contributed by atoms with E-state index < -0.39 is 16.3 Å². The van der Waals surface area contributed by atoms with Gasteiger partial charge in [-0.1, -0.05) is 37.5 Å². The summed E-state index contributed by atoms with van der Waals surface area (Å²) in [6.45, 7) is 2.26. The minimum Gasteiger partial charge on any atom is -0.497 e. The lowest BCUT2D eigenvalue weighted by molar-refractivity contribution is -0.153. The van der Waals surface area contributed by atoms with Gasteiger partial charge in [0.2, 0.25) is 22.2 Å². The van der Waals surface area contributed by atoms with Crippen LogP contribution >= 0.6 is 0 Å². The molecule has 12 heteroatoms. The number of hydrogen-bond acceptors (Lipinski definition) is 8. The Labute approximate surface area is 270 Å².